The first-order valence-corrected chi connectivity index (χ1v) is 7.66. The van der Waals surface area contributed by atoms with Gasteiger partial charge in [0.2, 0.25) is 0 Å². The number of carboxylic acids is 1. The maximum atomic E-state index is 11.2. The zero-order valence-electron chi connectivity index (χ0n) is 11.6. The molecule has 3 aromatic rings. The molecule has 0 amide bonds. The number of hydrogen-bond donors (Lipinski definition) is 2. The Labute approximate surface area is 131 Å². The Morgan fingerprint density at radius 3 is 2.73 bits per heavy atom. The van der Waals surface area contributed by atoms with Crippen LogP contribution in [0, 0.1) is 0 Å². The van der Waals surface area contributed by atoms with E-state index in [2.05, 4.69) is 4.98 Å². The first kappa shape index (κ1) is 14.4. The molecule has 0 fully saturated rings. The molecule has 1 aromatic heterocycles. The van der Waals surface area contributed by atoms with Gasteiger partial charge in [0, 0.05) is 22.2 Å². The van der Waals surface area contributed by atoms with Gasteiger partial charge in [0.1, 0.15) is 11.3 Å². The van der Waals surface area contributed by atoms with Crippen LogP contribution in [-0.2, 0) is 5.75 Å². The number of benzene rings is 2. The molecule has 0 unspecified atom stereocenters. The molecule has 0 aliphatic heterocycles. The number of thioether (sulfide) groups is 1. The summed E-state index contributed by atoms with van der Waals surface area (Å²) < 4.78 is 0. The van der Waals surface area contributed by atoms with E-state index in [1.54, 1.807) is 30.5 Å². The largest absolute Gasteiger partial charge is 0.506 e. The number of pyridine rings is 1. The summed E-state index contributed by atoms with van der Waals surface area (Å²) in [5.74, 6) is -0.178. The number of hydrogen-bond acceptors (Lipinski definition) is 4. The summed E-state index contributed by atoms with van der Waals surface area (Å²) in [5.41, 5.74) is 1.87. The van der Waals surface area contributed by atoms with E-state index in [1.807, 2.05) is 24.3 Å². The van der Waals surface area contributed by atoms with Crippen LogP contribution in [0.4, 0.5) is 0 Å². The van der Waals surface area contributed by atoms with Gasteiger partial charge in [-0.25, -0.2) is 4.79 Å². The minimum Gasteiger partial charge on any atom is -0.506 e. The molecule has 5 heteroatoms. The number of nitrogens with zero attached hydrogens (tertiary/aromatic N) is 1. The van der Waals surface area contributed by atoms with E-state index in [4.69, 9.17) is 0 Å². The van der Waals surface area contributed by atoms with Gasteiger partial charge in [0.15, 0.2) is 0 Å². The second-order valence-electron chi connectivity index (χ2n) is 4.73. The number of carboxylic acid groups (broad SMARTS) is 1. The molecule has 3 rings (SSSR count). The van der Waals surface area contributed by atoms with Crippen molar-refractivity contribution in [2.45, 2.75) is 10.6 Å². The fraction of sp³-hybridized carbons (Fsp3) is 0.0588. The smallest absolute Gasteiger partial charge is 0.336 e. The molecule has 0 saturated heterocycles. The number of carbonyl (C=O) groups is 1. The van der Waals surface area contributed by atoms with Crippen molar-refractivity contribution >= 4 is 28.6 Å². The summed E-state index contributed by atoms with van der Waals surface area (Å²) in [6, 6.07) is 14.1. The van der Waals surface area contributed by atoms with Crippen LogP contribution in [0.5, 0.6) is 5.75 Å². The van der Waals surface area contributed by atoms with Crippen LogP contribution in [0.1, 0.15) is 15.9 Å². The third kappa shape index (κ3) is 2.76. The van der Waals surface area contributed by atoms with Crippen LogP contribution >= 0.6 is 11.8 Å². The fourth-order valence-electron chi connectivity index (χ4n) is 2.27. The van der Waals surface area contributed by atoms with Crippen LogP contribution in [0.3, 0.4) is 0 Å². The maximum absolute atomic E-state index is 11.2. The lowest BCUT2D eigenvalue weighted by Crippen LogP contribution is -1.98. The second kappa shape index (κ2) is 6.07. The predicted octanol–water partition coefficient (Wildman–Crippen LogP) is 3.93. The van der Waals surface area contributed by atoms with Crippen molar-refractivity contribution in [2.75, 3.05) is 0 Å². The summed E-state index contributed by atoms with van der Waals surface area (Å²) in [4.78, 5) is 16.1. The first-order valence-electron chi connectivity index (χ1n) is 6.67. The number of fused-ring (bicyclic) bond motifs is 1. The Kier molecular flexibility index (Phi) is 3.98. The molecule has 0 bridgehead atoms. The van der Waals surface area contributed by atoms with Gasteiger partial charge in [0.05, 0.1) is 5.56 Å². The fourth-order valence-corrected chi connectivity index (χ4v) is 3.32. The van der Waals surface area contributed by atoms with Gasteiger partial charge in [-0.05, 0) is 29.8 Å². The van der Waals surface area contributed by atoms with Gasteiger partial charge < -0.3 is 10.2 Å². The van der Waals surface area contributed by atoms with E-state index < -0.39 is 5.97 Å². The van der Waals surface area contributed by atoms with Crippen molar-refractivity contribution in [3.8, 4) is 5.75 Å². The Morgan fingerprint density at radius 2 is 1.91 bits per heavy atom. The minimum absolute atomic E-state index is 0.148. The van der Waals surface area contributed by atoms with E-state index >= 15 is 0 Å². The first-order chi connectivity index (χ1) is 10.7. The van der Waals surface area contributed by atoms with Gasteiger partial charge in [-0.15, -0.1) is 11.8 Å². The zero-order valence-corrected chi connectivity index (χ0v) is 12.4. The number of aromatic hydroxyl groups is 1. The van der Waals surface area contributed by atoms with Crippen molar-refractivity contribution in [2.24, 2.45) is 0 Å². The van der Waals surface area contributed by atoms with Crippen molar-refractivity contribution < 1.29 is 15.0 Å². The highest BCUT2D eigenvalue weighted by atomic mass is 32.2. The molecule has 2 N–H and O–H groups in total. The number of phenols is 1. The molecule has 22 heavy (non-hydrogen) atoms. The highest BCUT2D eigenvalue weighted by Crippen LogP contribution is 2.31. The van der Waals surface area contributed by atoms with E-state index in [0.29, 0.717) is 16.8 Å². The lowest BCUT2D eigenvalue weighted by molar-refractivity contribution is 0.0693. The lowest BCUT2D eigenvalue weighted by atomic mass is 10.1. The molecule has 0 saturated carbocycles. The van der Waals surface area contributed by atoms with Gasteiger partial charge in [-0.3, -0.25) is 4.98 Å². The van der Waals surface area contributed by atoms with Gasteiger partial charge in [0.25, 0.3) is 0 Å². The maximum Gasteiger partial charge on any atom is 0.336 e. The van der Waals surface area contributed by atoms with Gasteiger partial charge >= 0.3 is 5.97 Å². The highest BCUT2D eigenvalue weighted by molar-refractivity contribution is 7.98. The normalized spacial score (nSPS) is 10.7. The van der Waals surface area contributed by atoms with E-state index in [0.717, 1.165) is 15.8 Å². The van der Waals surface area contributed by atoms with Gasteiger partial charge in [-0.2, -0.15) is 0 Å². The average Bonchev–Trinajstić information content (AvgIpc) is 2.55. The van der Waals surface area contributed by atoms with Gasteiger partial charge in [-0.1, -0.05) is 24.3 Å². The summed E-state index contributed by atoms with van der Waals surface area (Å²) in [6.07, 6.45) is 1.64. The number of aromatic carboxylic acids is 1. The number of rotatable bonds is 4. The Morgan fingerprint density at radius 1 is 1.09 bits per heavy atom. The topological polar surface area (TPSA) is 70.4 Å². The third-order valence-electron chi connectivity index (χ3n) is 3.34. The van der Waals surface area contributed by atoms with Crippen molar-refractivity contribution in [3.63, 3.8) is 0 Å². The Bertz CT molecular complexity index is 848. The van der Waals surface area contributed by atoms with Crippen LogP contribution in [0.2, 0.25) is 0 Å². The molecular weight excluding hydrogens is 298 g/mol. The van der Waals surface area contributed by atoms with Crippen LogP contribution in [0.25, 0.3) is 10.9 Å². The molecule has 4 nitrogen and oxygen atoms in total. The molecular formula is C17H13NO3S. The monoisotopic (exact) mass is 311 g/mol. The molecule has 110 valence electrons. The van der Waals surface area contributed by atoms with E-state index in [-0.39, 0.29) is 5.75 Å². The van der Waals surface area contributed by atoms with Crippen LogP contribution < -0.4 is 0 Å². The minimum atomic E-state index is -0.930. The Hall–Kier alpha value is -2.53. The zero-order chi connectivity index (χ0) is 15.5. The van der Waals surface area contributed by atoms with Crippen molar-refractivity contribution in [1.82, 2.24) is 4.98 Å². The molecule has 0 spiro atoms. The number of phenolic OH excluding ortho intramolecular Hbond substituents is 1. The molecule has 0 radical (unpaired) electrons. The standard InChI is InChI=1S/C17H13NO3S/c19-14-8-7-11(12-5-3-9-18-16(12)14)10-22-15-6-2-1-4-13(15)17(20)21/h1-9,19H,10H2,(H,20,21). The SMILES string of the molecule is O=C(O)c1ccccc1SCc1ccc(O)c2ncccc12. The third-order valence-corrected chi connectivity index (χ3v) is 4.46. The lowest BCUT2D eigenvalue weighted by Gasteiger charge is -2.09. The quantitative estimate of drug-likeness (QED) is 0.714. The van der Waals surface area contributed by atoms with E-state index in [1.165, 1.54) is 11.8 Å². The summed E-state index contributed by atoms with van der Waals surface area (Å²) in [6.45, 7) is 0. The predicted molar refractivity (Wildman–Crippen MR) is 86.4 cm³/mol. The molecule has 0 atom stereocenters. The molecule has 2 aromatic carbocycles. The molecule has 0 aliphatic carbocycles. The molecule has 1 heterocycles. The van der Waals surface area contributed by atoms with Crippen LogP contribution in [0.15, 0.2) is 59.6 Å². The summed E-state index contributed by atoms with van der Waals surface area (Å²) >= 11 is 1.46. The number of aromatic nitrogens is 1. The average molecular weight is 311 g/mol. The van der Waals surface area contributed by atoms with Crippen LogP contribution in [-0.4, -0.2) is 21.2 Å². The Balaban J connectivity index is 1.92. The van der Waals surface area contributed by atoms with Crippen molar-refractivity contribution in [1.29, 1.82) is 0 Å². The second-order valence-corrected chi connectivity index (χ2v) is 5.75. The summed E-state index contributed by atoms with van der Waals surface area (Å²) in [5, 5.41) is 19.9. The van der Waals surface area contributed by atoms with Crippen molar-refractivity contribution in [3.05, 3.63) is 65.9 Å². The highest BCUT2D eigenvalue weighted by Gasteiger charge is 2.11. The van der Waals surface area contributed by atoms with E-state index in [9.17, 15) is 15.0 Å². The molecule has 0 aliphatic rings. The summed E-state index contributed by atoms with van der Waals surface area (Å²) in [7, 11) is 0.